The zero-order valence-electron chi connectivity index (χ0n) is 22.8. The van der Waals surface area contributed by atoms with Crippen molar-refractivity contribution in [3.05, 3.63) is 83.4 Å². The Morgan fingerprint density at radius 2 is 1.68 bits per heavy atom. The number of imide groups is 1. The number of nitrogens with one attached hydrogen (secondary N) is 1. The summed E-state index contributed by atoms with van der Waals surface area (Å²) in [6.07, 6.45) is 4.61. The van der Waals surface area contributed by atoms with Crippen LogP contribution in [0.25, 0.3) is 0 Å². The van der Waals surface area contributed by atoms with Gasteiger partial charge in [-0.2, -0.15) is 0 Å². The molecule has 2 amide bonds. The van der Waals surface area contributed by atoms with Gasteiger partial charge in [0.25, 0.3) is 0 Å². The van der Waals surface area contributed by atoms with Gasteiger partial charge in [0.1, 0.15) is 16.7 Å². The topological polar surface area (TPSA) is 80.2 Å². The third-order valence-corrected chi connectivity index (χ3v) is 7.74. The van der Waals surface area contributed by atoms with E-state index in [0.29, 0.717) is 29.0 Å². The SMILES string of the molecule is CCCCCCOc1ccc(N2C(=O)CC(SC(=NCc3ccc(OC)cc3)Nc3ccc(Cl)cc3)C2=O)cc1. The predicted octanol–water partition coefficient (Wildman–Crippen LogP) is 7.34. The number of unbranched alkanes of at least 4 members (excludes halogenated alkanes) is 3. The Hall–Kier alpha value is -3.49. The summed E-state index contributed by atoms with van der Waals surface area (Å²) in [6, 6.07) is 22.0. The molecule has 3 aromatic rings. The van der Waals surface area contributed by atoms with Gasteiger partial charge in [0.2, 0.25) is 11.8 Å². The number of nitrogens with zero attached hydrogens (tertiary/aromatic N) is 2. The summed E-state index contributed by atoms with van der Waals surface area (Å²) in [6.45, 7) is 3.22. The number of benzene rings is 3. The molecule has 4 rings (SSSR count). The maximum atomic E-state index is 13.4. The maximum absolute atomic E-state index is 13.4. The molecule has 0 aliphatic carbocycles. The molecule has 0 spiro atoms. The molecular formula is C31H34ClN3O4S. The molecule has 1 fully saturated rings. The second kappa shape index (κ2) is 14.8. The Kier molecular flexibility index (Phi) is 10.9. The van der Waals surface area contributed by atoms with Gasteiger partial charge in [0.05, 0.1) is 25.9 Å². The number of methoxy groups -OCH3 is 1. The highest BCUT2D eigenvalue weighted by Gasteiger charge is 2.40. The quantitative estimate of drug-likeness (QED) is 0.105. The first kappa shape index (κ1) is 29.5. The molecule has 1 heterocycles. The van der Waals surface area contributed by atoms with Gasteiger partial charge in [-0.15, -0.1) is 0 Å². The van der Waals surface area contributed by atoms with Gasteiger partial charge in [-0.05, 0) is 72.6 Å². The third kappa shape index (κ3) is 8.26. The van der Waals surface area contributed by atoms with Crippen LogP contribution in [0.15, 0.2) is 77.8 Å². The molecular weight excluding hydrogens is 546 g/mol. The van der Waals surface area contributed by atoms with E-state index in [-0.39, 0.29) is 18.2 Å². The minimum atomic E-state index is -0.601. The van der Waals surface area contributed by atoms with Crippen LogP contribution in [0.3, 0.4) is 0 Å². The molecule has 1 aliphatic rings. The highest BCUT2D eigenvalue weighted by atomic mass is 35.5. The first-order chi connectivity index (χ1) is 19.5. The number of amides is 2. The van der Waals surface area contributed by atoms with Crippen LogP contribution in [-0.2, 0) is 16.1 Å². The van der Waals surface area contributed by atoms with E-state index in [9.17, 15) is 9.59 Å². The molecule has 3 aromatic carbocycles. The van der Waals surface area contributed by atoms with Crippen LogP contribution in [0.4, 0.5) is 11.4 Å². The highest BCUT2D eigenvalue weighted by molar-refractivity contribution is 8.15. The van der Waals surface area contributed by atoms with E-state index < -0.39 is 5.25 Å². The van der Waals surface area contributed by atoms with Crippen molar-refractivity contribution in [2.45, 2.75) is 50.8 Å². The van der Waals surface area contributed by atoms with E-state index in [4.69, 9.17) is 26.1 Å². The van der Waals surface area contributed by atoms with Gasteiger partial charge in [-0.1, -0.05) is 61.7 Å². The van der Waals surface area contributed by atoms with Crippen molar-refractivity contribution in [2.24, 2.45) is 4.99 Å². The lowest BCUT2D eigenvalue weighted by atomic mass is 10.2. The normalized spacial score (nSPS) is 15.4. The van der Waals surface area contributed by atoms with Crippen LogP contribution >= 0.6 is 23.4 Å². The summed E-state index contributed by atoms with van der Waals surface area (Å²) in [4.78, 5) is 32.3. The van der Waals surface area contributed by atoms with Gasteiger partial charge in [0.15, 0.2) is 5.17 Å². The molecule has 210 valence electrons. The number of hydrogen-bond acceptors (Lipinski definition) is 6. The van der Waals surface area contributed by atoms with Crippen molar-refractivity contribution < 1.29 is 19.1 Å². The van der Waals surface area contributed by atoms with Crippen molar-refractivity contribution in [1.29, 1.82) is 0 Å². The van der Waals surface area contributed by atoms with Crippen molar-refractivity contribution >= 4 is 51.7 Å². The molecule has 7 nitrogen and oxygen atoms in total. The molecule has 1 atom stereocenters. The lowest BCUT2D eigenvalue weighted by molar-refractivity contribution is -0.121. The highest BCUT2D eigenvalue weighted by Crippen LogP contribution is 2.32. The number of aliphatic imine (C=N–C) groups is 1. The van der Waals surface area contributed by atoms with Crippen molar-refractivity contribution in [1.82, 2.24) is 0 Å². The summed E-state index contributed by atoms with van der Waals surface area (Å²) in [5.41, 5.74) is 2.31. The lowest BCUT2D eigenvalue weighted by Crippen LogP contribution is -2.31. The molecule has 40 heavy (non-hydrogen) atoms. The number of carbonyl (C=O) groups is 2. The molecule has 0 radical (unpaired) electrons. The molecule has 9 heteroatoms. The number of ether oxygens (including phenoxy) is 2. The Morgan fingerprint density at radius 3 is 2.35 bits per heavy atom. The first-order valence-electron chi connectivity index (χ1n) is 13.4. The van der Waals surface area contributed by atoms with Crippen LogP contribution in [0.2, 0.25) is 5.02 Å². The largest absolute Gasteiger partial charge is 0.497 e. The van der Waals surface area contributed by atoms with Crippen molar-refractivity contribution in [3.8, 4) is 11.5 Å². The second-order valence-electron chi connectivity index (χ2n) is 9.38. The lowest BCUT2D eigenvalue weighted by Gasteiger charge is -2.16. The molecule has 1 N–H and O–H groups in total. The second-order valence-corrected chi connectivity index (χ2v) is 11.0. The predicted molar refractivity (Wildman–Crippen MR) is 164 cm³/mol. The Bertz CT molecular complexity index is 1300. The molecule has 1 unspecified atom stereocenters. The van der Waals surface area contributed by atoms with E-state index in [2.05, 4.69) is 12.2 Å². The molecule has 1 saturated heterocycles. The average Bonchev–Trinajstić information content (AvgIpc) is 3.25. The molecule has 0 aromatic heterocycles. The van der Waals surface area contributed by atoms with Crippen LogP contribution < -0.4 is 19.7 Å². The van der Waals surface area contributed by atoms with Crippen LogP contribution in [0.5, 0.6) is 11.5 Å². The fourth-order valence-electron chi connectivity index (χ4n) is 4.17. The summed E-state index contributed by atoms with van der Waals surface area (Å²) < 4.78 is 11.0. The van der Waals surface area contributed by atoms with E-state index in [1.807, 2.05) is 36.4 Å². The fraction of sp³-hybridized carbons (Fsp3) is 0.323. The van der Waals surface area contributed by atoms with Crippen molar-refractivity contribution in [2.75, 3.05) is 23.9 Å². The Balaban J connectivity index is 1.44. The summed E-state index contributed by atoms with van der Waals surface area (Å²) in [5, 5.41) is 3.85. The van der Waals surface area contributed by atoms with Gasteiger partial charge in [0, 0.05) is 17.1 Å². The Labute approximate surface area is 244 Å². The number of thioether (sulfide) groups is 1. The molecule has 0 bridgehead atoms. The third-order valence-electron chi connectivity index (χ3n) is 6.38. The number of rotatable bonds is 12. The van der Waals surface area contributed by atoms with E-state index in [0.717, 1.165) is 35.6 Å². The number of carbonyl (C=O) groups excluding carboxylic acids is 2. The zero-order valence-corrected chi connectivity index (χ0v) is 24.3. The van der Waals surface area contributed by atoms with Crippen LogP contribution in [0.1, 0.15) is 44.6 Å². The summed E-state index contributed by atoms with van der Waals surface area (Å²) >= 11 is 7.30. The monoisotopic (exact) mass is 579 g/mol. The van der Waals surface area contributed by atoms with E-state index in [1.54, 1.807) is 43.5 Å². The fourth-order valence-corrected chi connectivity index (χ4v) is 5.31. The maximum Gasteiger partial charge on any atom is 0.247 e. The number of hydrogen-bond donors (Lipinski definition) is 1. The minimum Gasteiger partial charge on any atom is -0.497 e. The smallest absolute Gasteiger partial charge is 0.247 e. The summed E-state index contributed by atoms with van der Waals surface area (Å²) in [7, 11) is 1.62. The number of halogens is 1. The van der Waals surface area contributed by atoms with Gasteiger partial charge < -0.3 is 14.8 Å². The molecule has 0 saturated carbocycles. The first-order valence-corrected chi connectivity index (χ1v) is 14.7. The van der Waals surface area contributed by atoms with E-state index in [1.165, 1.54) is 29.5 Å². The van der Waals surface area contributed by atoms with Gasteiger partial charge in [-0.3, -0.25) is 14.6 Å². The van der Waals surface area contributed by atoms with Crippen molar-refractivity contribution in [3.63, 3.8) is 0 Å². The Morgan fingerprint density at radius 1 is 0.975 bits per heavy atom. The van der Waals surface area contributed by atoms with Gasteiger partial charge >= 0.3 is 0 Å². The average molecular weight is 580 g/mol. The van der Waals surface area contributed by atoms with E-state index >= 15 is 0 Å². The summed E-state index contributed by atoms with van der Waals surface area (Å²) in [5.74, 6) is 0.990. The molecule has 1 aliphatic heterocycles. The number of amidine groups is 1. The van der Waals surface area contributed by atoms with Crippen LogP contribution in [-0.4, -0.2) is 35.9 Å². The number of anilines is 2. The van der Waals surface area contributed by atoms with Gasteiger partial charge in [-0.25, -0.2) is 4.90 Å². The minimum absolute atomic E-state index is 0.0863. The standard InChI is InChI=1S/C31H34ClN3O4S/c1-3-4-5-6-19-39-27-17-13-25(14-18-27)35-29(36)20-28(30(35)37)40-31(34-24-11-9-23(32)10-12-24)33-21-22-7-15-26(38-2)16-8-22/h7-18,28H,3-6,19-21H2,1-2H3,(H,33,34). The van der Waals surface area contributed by atoms with Crippen LogP contribution in [0, 0.1) is 0 Å². The zero-order chi connectivity index (χ0) is 28.3.